The van der Waals surface area contributed by atoms with Crippen LogP contribution in [0.25, 0.3) is 0 Å². The third kappa shape index (κ3) is 10.8. The monoisotopic (exact) mass is 802 g/mol. The molecule has 3 aliphatic heterocycles. The topological polar surface area (TPSA) is 142 Å². The van der Waals surface area contributed by atoms with Gasteiger partial charge in [-0.3, -0.25) is 34.3 Å². The van der Waals surface area contributed by atoms with Crippen LogP contribution >= 0.6 is 0 Å². The molecule has 308 valence electrons. The van der Waals surface area contributed by atoms with Crippen LogP contribution < -0.4 is 25.2 Å². The number of nitriles is 1. The number of rotatable bonds is 13. The van der Waals surface area contributed by atoms with Gasteiger partial charge in [0.1, 0.15) is 11.8 Å². The number of likely N-dealkylation sites (N-methyl/N-ethyl adjacent to an activating group) is 1. The number of imide groups is 1. The summed E-state index contributed by atoms with van der Waals surface area (Å²) in [6.45, 7) is 11.1. The molecule has 2 atom stereocenters. The Bertz CT molecular complexity index is 1970. The van der Waals surface area contributed by atoms with Crippen molar-refractivity contribution in [1.29, 1.82) is 5.26 Å². The lowest BCUT2D eigenvalue weighted by Gasteiger charge is -2.39. The van der Waals surface area contributed by atoms with Gasteiger partial charge in [0.2, 0.25) is 23.6 Å². The van der Waals surface area contributed by atoms with Gasteiger partial charge in [0.15, 0.2) is 0 Å². The molecule has 6 rings (SSSR count). The number of alkyl halides is 3. The molecule has 0 spiro atoms. The Morgan fingerprint density at radius 3 is 2.00 bits per heavy atom. The lowest BCUT2D eigenvalue weighted by atomic mass is 10.0. The van der Waals surface area contributed by atoms with Crippen LogP contribution in [0.5, 0.6) is 5.75 Å². The first-order valence-corrected chi connectivity index (χ1v) is 19.6. The van der Waals surface area contributed by atoms with E-state index in [0.29, 0.717) is 12.2 Å². The van der Waals surface area contributed by atoms with Crippen LogP contribution in [0.1, 0.15) is 36.5 Å². The van der Waals surface area contributed by atoms with Crippen LogP contribution in [-0.4, -0.2) is 123 Å². The summed E-state index contributed by atoms with van der Waals surface area (Å²) in [6.07, 6.45) is -3.95. The Kier molecular flexibility index (Phi) is 13.6. The van der Waals surface area contributed by atoms with E-state index in [0.717, 1.165) is 94.5 Å². The molecule has 0 radical (unpaired) electrons. The minimum Gasteiger partial charge on any atom is -0.493 e. The molecule has 0 bridgehead atoms. The van der Waals surface area contributed by atoms with Gasteiger partial charge in [0, 0.05) is 96.0 Å². The maximum atomic E-state index is 13.3. The molecule has 3 aromatic rings. The second-order valence-corrected chi connectivity index (χ2v) is 15.0. The van der Waals surface area contributed by atoms with Crippen molar-refractivity contribution >= 4 is 40.7 Å². The number of benzene rings is 3. The Morgan fingerprint density at radius 2 is 1.47 bits per heavy atom. The first kappa shape index (κ1) is 42.0. The number of nitrogens with one attached hydrogen (secondary N) is 2. The number of anilines is 3. The van der Waals surface area contributed by atoms with Crippen LogP contribution in [0.4, 0.5) is 30.2 Å². The fourth-order valence-corrected chi connectivity index (χ4v) is 7.36. The summed E-state index contributed by atoms with van der Waals surface area (Å²) in [6, 6.07) is 19.7. The molecule has 1 unspecified atom stereocenters. The normalized spacial score (nSPS) is 18.6. The number of carbonyl (C=O) groups is 4. The van der Waals surface area contributed by atoms with Crippen molar-refractivity contribution in [3.63, 3.8) is 0 Å². The highest BCUT2D eigenvalue weighted by Crippen LogP contribution is 2.34. The van der Waals surface area contributed by atoms with Gasteiger partial charge < -0.3 is 24.8 Å². The van der Waals surface area contributed by atoms with Gasteiger partial charge in [0.05, 0.1) is 36.1 Å². The van der Waals surface area contributed by atoms with E-state index in [2.05, 4.69) is 42.4 Å². The van der Waals surface area contributed by atoms with Gasteiger partial charge in [0.25, 0.3) is 0 Å². The number of hydrogen-bond donors (Lipinski definition) is 2. The van der Waals surface area contributed by atoms with Crippen molar-refractivity contribution in [2.24, 2.45) is 5.92 Å². The van der Waals surface area contributed by atoms with E-state index in [4.69, 9.17) is 10.00 Å². The molecule has 3 fully saturated rings. The van der Waals surface area contributed by atoms with E-state index in [1.54, 1.807) is 14.0 Å². The van der Waals surface area contributed by atoms with Crippen molar-refractivity contribution in [1.82, 2.24) is 20.0 Å². The standard InChI is InChI=1S/C42H49F3N8O5/c1-29(40(56)47-32-6-5-31(27-46)36(26-32)42(43,44)45)28-58-35-11-9-34(10-12-35)53-23-19-51(20-24-53)16-15-50-17-21-52(22-18-50)33-7-3-30(4-8-33)25-39(55)49(2)37-13-14-38(54)48-41(37)57/h3-12,26,29,37H,13-25,28H2,1-2H3,(H,47,56)(H,48,54,57)/t29-,37?/m1/s1. The Morgan fingerprint density at radius 1 is 0.897 bits per heavy atom. The lowest BCUT2D eigenvalue weighted by molar-refractivity contribution is -0.144. The van der Waals surface area contributed by atoms with Crippen LogP contribution in [0, 0.1) is 17.2 Å². The quantitative estimate of drug-likeness (QED) is 0.244. The molecular formula is C42H49F3N8O5. The summed E-state index contributed by atoms with van der Waals surface area (Å²) >= 11 is 0. The minimum absolute atomic E-state index is 0.0345. The van der Waals surface area contributed by atoms with E-state index in [1.807, 2.05) is 36.4 Å². The smallest absolute Gasteiger partial charge is 0.417 e. The van der Waals surface area contributed by atoms with Crippen LogP contribution in [0.15, 0.2) is 66.7 Å². The van der Waals surface area contributed by atoms with Gasteiger partial charge in [-0.25, -0.2) is 0 Å². The first-order valence-electron chi connectivity index (χ1n) is 19.6. The molecular weight excluding hydrogens is 754 g/mol. The highest BCUT2D eigenvalue weighted by Gasteiger charge is 2.34. The van der Waals surface area contributed by atoms with E-state index in [9.17, 15) is 32.3 Å². The lowest BCUT2D eigenvalue weighted by Crippen LogP contribution is -2.53. The molecule has 0 aliphatic carbocycles. The number of carbonyl (C=O) groups excluding carboxylic acids is 4. The summed E-state index contributed by atoms with van der Waals surface area (Å²) < 4.78 is 45.7. The molecule has 3 aromatic carbocycles. The summed E-state index contributed by atoms with van der Waals surface area (Å²) in [5.41, 5.74) is 1.43. The molecule has 2 N–H and O–H groups in total. The molecule has 13 nitrogen and oxygen atoms in total. The Hall–Kier alpha value is -5.66. The van der Waals surface area contributed by atoms with Gasteiger partial charge in [-0.2, -0.15) is 18.4 Å². The van der Waals surface area contributed by atoms with E-state index < -0.39 is 41.1 Å². The predicted octanol–water partition coefficient (Wildman–Crippen LogP) is 3.98. The van der Waals surface area contributed by atoms with E-state index >= 15 is 0 Å². The van der Waals surface area contributed by atoms with Crippen LogP contribution in [0.3, 0.4) is 0 Å². The predicted molar refractivity (Wildman–Crippen MR) is 212 cm³/mol. The zero-order chi connectivity index (χ0) is 41.4. The SMILES string of the molecule is C[C@H](COc1ccc(N2CCN(CCN3CCN(c4ccc(CC(=O)N(C)C5CCC(=O)NC5=O)cc4)CC3)CC2)cc1)C(=O)Nc1ccc(C#N)c(C(F)(F)F)c1. The summed E-state index contributed by atoms with van der Waals surface area (Å²) in [4.78, 5) is 60.3. The highest BCUT2D eigenvalue weighted by atomic mass is 19.4. The largest absolute Gasteiger partial charge is 0.493 e. The van der Waals surface area contributed by atoms with Crippen molar-refractivity contribution in [2.75, 3.05) is 94.2 Å². The molecule has 58 heavy (non-hydrogen) atoms. The van der Waals surface area contributed by atoms with E-state index in [1.165, 1.54) is 17.0 Å². The average molecular weight is 803 g/mol. The van der Waals surface area contributed by atoms with Gasteiger partial charge in [-0.1, -0.05) is 19.1 Å². The van der Waals surface area contributed by atoms with Crippen molar-refractivity contribution in [3.05, 3.63) is 83.4 Å². The highest BCUT2D eigenvalue weighted by molar-refractivity contribution is 6.01. The molecule has 0 saturated carbocycles. The number of amides is 4. The molecule has 3 heterocycles. The Labute approximate surface area is 336 Å². The second-order valence-electron chi connectivity index (χ2n) is 15.0. The third-order valence-electron chi connectivity index (χ3n) is 11.1. The minimum atomic E-state index is -4.72. The van der Waals surface area contributed by atoms with Gasteiger partial charge in [-0.15, -0.1) is 0 Å². The summed E-state index contributed by atoms with van der Waals surface area (Å²) in [7, 11) is 1.61. The maximum Gasteiger partial charge on any atom is 0.417 e. The van der Waals surface area contributed by atoms with Gasteiger partial charge >= 0.3 is 6.18 Å². The van der Waals surface area contributed by atoms with Gasteiger partial charge in [-0.05, 0) is 66.6 Å². The summed E-state index contributed by atoms with van der Waals surface area (Å²) in [5, 5.41) is 13.8. The average Bonchev–Trinajstić information content (AvgIpc) is 3.22. The second kappa shape index (κ2) is 18.7. The molecule has 3 aliphatic rings. The first-order chi connectivity index (χ1) is 27.8. The fraction of sp³-hybridized carbons (Fsp3) is 0.452. The maximum absolute atomic E-state index is 13.3. The number of halogens is 3. The molecule has 0 aromatic heterocycles. The van der Waals surface area contributed by atoms with Crippen LogP contribution in [0.2, 0.25) is 0 Å². The van der Waals surface area contributed by atoms with Crippen molar-refractivity contribution in [2.45, 2.75) is 38.4 Å². The van der Waals surface area contributed by atoms with Crippen molar-refractivity contribution in [3.8, 4) is 11.8 Å². The third-order valence-corrected chi connectivity index (χ3v) is 11.1. The number of piperazine rings is 2. The molecule has 3 saturated heterocycles. The molecule has 4 amide bonds. The molecule has 16 heteroatoms. The number of piperidine rings is 1. The fourth-order valence-electron chi connectivity index (χ4n) is 7.36. The summed E-state index contributed by atoms with van der Waals surface area (Å²) in [5.74, 6) is -1.44. The number of hydrogen-bond acceptors (Lipinski definition) is 10. The van der Waals surface area contributed by atoms with Crippen molar-refractivity contribution < 1.29 is 37.1 Å². The zero-order valence-electron chi connectivity index (χ0n) is 32.8. The zero-order valence-corrected chi connectivity index (χ0v) is 32.8. The number of nitrogens with zero attached hydrogens (tertiary/aromatic N) is 6. The van der Waals surface area contributed by atoms with Crippen LogP contribution in [-0.2, 0) is 31.8 Å². The number of ether oxygens (including phenoxy) is 1. The van der Waals surface area contributed by atoms with E-state index in [-0.39, 0.29) is 37.0 Å². The Balaban J connectivity index is 0.863.